The maximum Gasteiger partial charge on any atom is 0.410 e. The first-order valence-electron chi connectivity index (χ1n) is 32.1. The first-order valence-corrected chi connectivity index (χ1v) is 32.5. The van der Waals surface area contributed by atoms with Gasteiger partial charge in [0.15, 0.2) is 0 Å². The van der Waals surface area contributed by atoms with Crippen LogP contribution in [0, 0.1) is 23.7 Å². The van der Waals surface area contributed by atoms with Crippen molar-refractivity contribution in [3.63, 3.8) is 0 Å². The van der Waals surface area contributed by atoms with Gasteiger partial charge in [0.1, 0.15) is 45.5 Å². The van der Waals surface area contributed by atoms with Crippen molar-refractivity contribution in [2.75, 3.05) is 65.4 Å². The number of nitrogens with zero attached hydrogens (tertiary/aromatic N) is 14. The molecular formula is C66H85ClN16O8. The van der Waals surface area contributed by atoms with Gasteiger partial charge in [0.2, 0.25) is 11.2 Å². The van der Waals surface area contributed by atoms with Crippen molar-refractivity contribution < 1.29 is 38.2 Å². The quantitative estimate of drug-likeness (QED) is 0.134. The average Bonchev–Trinajstić information content (AvgIpc) is 1.65. The number of amides is 6. The van der Waals surface area contributed by atoms with E-state index in [0.29, 0.717) is 90.1 Å². The number of likely N-dealkylation sites (tertiary alicyclic amines) is 2. The summed E-state index contributed by atoms with van der Waals surface area (Å²) in [6, 6.07) is 11.2. The number of ether oxygens (including phenoxy) is 2. The molecule has 10 heterocycles. The van der Waals surface area contributed by atoms with E-state index < -0.39 is 11.2 Å². The second-order valence-electron chi connectivity index (χ2n) is 28.6. The largest absolute Gasteiger partial charge is 0.444 e. The molecule has 8 bridgehead atoms. The molecule has 25 heteroatoms. The monoisotopic (exact) mass is 1260 g/mol. The first-order chi connectivity index (χ1) is 43.2. The van der Waals surface area contributed by atoms with Gasteiger partial charge in [-0.3, -0.25) is 29.0 Å². The highest BCUT2D eigenvalue weighted by atomic mass is 35.5. The molecule has 4 aliphatic carbocycles. The molecule has 0 spiro atoms. The Bertz CT molecular complexity index is 3740. The van der Waals surface area contributed by atoms with Crippen molar-refractivity contribution >= 4 is 87.1 Å². The van der Waals surface area contributed by atoms with E-state index >= 15 is 0 Å². The number of carbonyl (C=O) groups is 6. The topological polar surface area (TPSA) is 266 Å². The predicted octanol–water partition coefficient (Wildman–Crippen LogP) is 9.89. The number of halogens is 1. The Balaban J connectivity index is 0.000000146. The van der Waals surface area contributed by atoms with Gasteiger partial charge in [-0.25, -0.2) is 29.5 Å². The smallest absolute Gasteiger partial charge is 0.410 e. The van der Waals surface area contributed by atoms with E-state index in [4.69, 9.17) is 31.8 Å². The van der Waals surface area contributed by atoms with E-state index in [-0.39, 0.29) is 71.3 Å². The summed E-state index contributed by atoms with van der Waals surface area (Å²) in [6.07, 6.45) is 19.2. The van der Waals surface area contributed by atoms with Gasteiger partial charge in [0.25, 0.3) is 23.6 Å². The van der Waals surface area contributed by atoms with E-state index in [1.165, 1.54) is 44.7 Å². The minimum Gasteiger partial charge on any atom is -0.444 e. The highest BCUT2D eigenvalue weighted by Gasteiger charge is 2.48. The van der Waals surface area contributed by atoms with Gasteiger partial charge >= 0.3 is 12.2 Å². The zero-order chi connectivity index (χ0) is 64.5. The van der Waals surface area contributed by atoms with Crippen molar-refractivity contribution in [2.45, 2.75) is 166 Å². The third-order valence-corrected chi connectivity index (χ3v) is 19.7. The summed E-state index contributed by atoms with van der Waals surface area (Å²) in [5.41, 5.74) is 8.40. The number of rotatable bonds is 8. The minimum absolute atomic E-state index is 0.0110. The number of anilines is 3. The Morgan fingerprint density at radius 1 is 0.549 bits per heavy atom. The summed E-state index contributed by atoms with van der Waals surface area (Å²) in [5, 5.41) is 5.15. The molecule has 0 aromatic carbocycles. The van der Waals surface area contributed by atoms with Gasteiger partial charge in [0, 0.05) is 102 Å². The summed E-state index contributed by atoms with van der Waals surface area (Å²) >= 11 is 6.00. The molecule has 10 atom stereocenters. The standard InChI is InChI=1S/C33H42N8O4.C17H24N4O3.C16H19ClN4O/c1-33(2,3)45-32(44)40-23-9-10-24(40)18-39(17-23)29(42)21-8-11-27(34-15-21)36-31-35-16-22-14-26(30(43)38(4)5)41(28(22)37-31)25-13-19-6-7-20(25)12-19;1-17(2,3)24-16(23)21-12-5-6-13(21)10-20(9-12)15(22)11-4-7-14(18)19-8-11;1-20(2)15(22)13-7-11-8-18-16(17)19-14(11)21(13)12-6-9-3-4-10(12)5-9/h8,11,14-16,19-20,23-25H,6-7,9-10,12-13,17-18H2,1-5H3,(H,34,35,36,37);4,7-8,12-13H,5-6,9-10H2,1-3H3,(H2,18,19);7-10,12H,3-6H2,1-2H3/t19-,20+,23?,24?,25+;;9-,10+,12+/m0.0/s1. The van der Waals surface area contributed by atoms with E-state index in [9.17, 15) is 28.8 Å². The van der Waals surface area contributed by atoms with Crippen molar-refractivity contribution in [1.29, 1.82) is 0 Å². The SMILES string of the molecule is CC(C)(C)OC(=O)N1C2CCC1CN(C(=O)c1ccc(N)nc1)C2.CN(C)C(=O)c1cc2cnc(Cl)nc2n1[C@@H]1C[C@H]2CC[C@@H]1C2.CN(C)C(=O)c1cc2cnc(Nc3ccc(C(=O)N4CC5CCC(C4)N5C(=O)OC(C)(C)C)cn3)nc2n1[C@@H]1C[C@H]2CC[C@@H]1C2. The molecule has 4 aliphatic heterocycles. The number of fused-ring (bicyclic) bond motifs is 10. The third kappa shape index (κ3) is 13.1. The van der Waals surface area contributed by atoms with E-state index in [1.54, 1.807) is 85.7 Å². The number of hydrogen-bond donors (Lipinski definition) is 2. The normalized spacial score (nSPS) is 25.3. The second-order valence-corrected chi connectivity index (χ2v) is 28.9. The molecule has 4 unspecified atom stereocenters. The fourth-order valence-corrected chi connectivity index (χ4v) is 15.7. The van der Waals surface area contributed by atoms with E-state index in [1.807, 2.05) is 68.4 Å². The van der Waals surface area contributed by atoms with Crippen LogP contribution in [0.4, 0.5) is 27.2 Å². The molecular weight excluding hydrogens is 1180 g/mol. The maximum absolute atomic E-state index is 13.4. The van der Waals surface area contributed by atoms with Gasteiger partial charge < -0.3 is 49.3 Å². The summed E-state index contributed by atoms with van der Waals surface area (Å²) in [4.78, 5) is 114. The number of pyridine rings is 2. The zero-order valence-electron chi connectivity index (χ0n) is 53.8. The lowest BCUT2D eigenvalue weighted by Crippen LogP contribution is -2.57. The van der Waals surface area contributed by atoms with Crippen LogP contribution in [-0.4, -0.2) is 194 Å². The number of nitrogens with two attached hydrogens (primary N) is 1. The van der Waals surface area contributed by atoms with Crippen molar-refractivity contribution in [2.24, 2.45) is 23.7 Å². The zero-order valence-corrected chi connectivity index (χ0v) is 54.6. The van der Waals surface area contributed by atoms with Crippen LogP contribution >= 0.6 is 11.6 Å². The number of carbonyl (C=O) groups excluding carboxylic acids is 6. The van der Waals surface area contributed by atoms with Crippen LogP contribution in [0.5, 0.6) is 0 Å². The molecule has 14 rings (SSSR count). The van der Waals surface area contributed by atoms with Crippen LogP contribution in [0.1, 0.15) is 172 Å². The highest BCUT2D eigenvalue weighted by Crippen LogP contribution is 2.53. The van der Waals surface area contributed by atoms with Gasteiger partial charge in [-0.1, -0.05) is 12.8 Å². The Labute approximate surface area is 535 Å². The molecule has 3 N–H and O–H groups in total. The van der Waals surface area contributed by atoms with Gasteiger partial charge in [-0.15, -0.1) is 0 Å². The molecule has 8 fully saturated rings. The number of piperazine rings is 2. The number of nitrogen functional groups attached to an aromatic ring is 1. The fraction of sp³-hybridized carbons (Fsp3) is 0.576. The molecule has 4 saturated carbocycles. The summed E-state index contributed by atoms with van der Waals surface area (Å²) < 4.78 is 15.4. The van der Waals surface area contributed by atoms with Crippen LogP contribution < -0.4 is 11.1 Å². The van der Waals surface area contributed by atoms with Crippen LogP contribution in [0.15, 0.2) is 61.2 Å². The van der Waals surface area contributed by atoms with Crippen molar-refractivity contribution in [1.82, 2.24) is 68.4 Å². The molecule has 6 aromatic heterocycles. The van der Waals surface area contributed by atoms with E-state index in [0.717, 1.165) is 66.5 Å². The lowest BCUT2D eigenvalue weighted by atomic mass is 9.95. The lowest BCUT2D eigenvalue weighted by molar-refractivity contribution is -0.00386. The fourth-order valence-electron chi connectivity index (χ4n) is 15.5. The van der Waals surface area contributed by atoms with E-state index in [2.05, 4.69) is 39.4 Å². The summed E-state index contributed by atoms with van der Waals surface area (Å²) in [5.74, 6) is 3.83. The van der Waals surface area contributed by atoms with Crippen LogP contribution in [0.3, 0.4) is 0 Å². The molecule has 6 amide bonds. The molecule has 91 heavy (non-hydrogen) atoms. The van der Waals surface area contributed by atoms with Gasteiger partial charge in [-0.2, -0.15) is 9.97 Å². The predicted molar refractivity (Wildman–Crippen MR) is 343 cm³/mol. The number of aromatic nitrogens is 8. The Morgan fingerprint density at radius 3 is 1.37 bits per heavy atom. The Morgan fingerprint density at radius 2 is 0.989 bits per heavy atom. The Kier molecular flexibility index (Phi) is 17.2. The Hall–Kier alpha value is -8.15. The van der Waals surface area contributed by atoms with Crippen molar-refractivity contribution in [3.8, 4) is 0 Å². The second kappa shape index (κ2) is 24.8. The molecule has 8 aliphatic rings. The van der Waals surface area contributed by atoms with Gasteiger partial charge in [0.05, 0.1) is 35.3 Å². The molecule has 6 aromatic rings. The number of hydrogen-bond acceptors (Lipinski definition) is 16. The van der Waals surface area contributed by atoms with Crippen LogP contribution in [-0.2, 0) is 9.47 Å². The average molecular weight is 1270 g/mol. The lowest BCUT2D eigenvalue weighted by Gasteiger charge is -2.41. The van der Waals surface area contributed by atoms with Crippen LogP contribution in [0.25, 0.3) is 22.1 Å². The molecule has 4 saturated heterocycles. The highest BCUT2D eigenvalue weighted by molar-refractivity contribution is 6.28. The number of nitrogens with one attached hydrogen (secondary N) is 1. The maximum atomic E-state index is 13.4. The molecule has 0 radical (unpaired) electrons. The minimum atomic E-state index is -0.560. The summed E-state index contributed by atoms with van der Waals surface area (Å²) in [7, 11) is 7.11. The molecule has 24 nitrogen and oxygen atoms in total. The summed E-state index contributed by atoms with van der Waals surface area (Å²) in [6.45, 7) is 13.2. The van der Waals surface area contributed by atoms with Crippen molar-refractivity contribution in [3.05, 3.63) is 89.0 Å². The third-order valence-electron chi connectivity index (χ3n) is 19.5. The molecule has 484 valence electrons. The first kappa shape index (κ1) is 63.0. The van der Waals surface area contributed by atoms with Gasteiger partial charge in [-0.05, 0) is 177 Å². The van der Waals surface area contributed by atoms with Crippen LogP contribution in [0.2, 0.25) is 5.28 Å².